The van der Waals surface area contributed by atoms with Crippen molar-refractivity contribution in [2.24, 2.45) is 0 Å². The number of aromatic nitrogens is 2. The summed E-state index contributed by atoms with van der Waals surface area (Å²) in [5.41, 5.74) is 5.84. The predicted octanol–water partition coefficient (Wildman–Crippen LogP) is 0.557. The molecule has 0 saturated carbocycles. The maximum Gasteiger partial charge on any atom is 0.360 e. The second-order valence-electron chi connectivity index (χ2n) is 4.29. The third kappa shape index (κ3) is 3.97. The highest BCUT2D eigenvalue weighted by molar-refractivity contribution is 5.92. The lowest BCUT2D eigenvalue weighted by molar-refractivity contribution is -0.121. The number of amides is 1. The highest BCUT2D eigenvalue weighted by Crippen LogP contribution is 2.11. The number of hydrogen-bond acceptors (Lipinski definition) is 5. The van der Waals surface area contributed by atoms with Crippen molar-refractivity contribution in [1.82, 2.24) is 14.9 Å². The number of carbonyl (C=O) groups excluding carboxylic acids is 2. The van der Waals surface area contributed by atoms with Crippen LogP contribution in [0.2, 0.25) is 0 Å². The Labute approximate surface area is 112 Å². The van der Waals surface area contributed by atoms with E-state index >= 15 is 0 Å². The Balaban J connectivity index is 2.57. The van der Waals surface area contributed by atoms with Gasteiger partial charge < -0.3 is 20.4 Å². The minimum absolute atomic E-state index is 0.0536. The van der Waals surface area contributed by atoms with Crippen molar-refractivity contribution in [3.8, 4) is 0 Å². The quantitative estimate of drug-likeness (QED) is 0.734. The molecule has 7 nitrogen and oxygen atoms in total. The molecule has 0 aliphatic rings. The van der Waals surface area contributed by atoms with Crippen LogP contribution in [0.5, 0.6) is 0 Å². The molecule has 0 fully saturated rings. The van der Waals surface area contributed by atoms with Crippen molar-refractivity contribution in [2.45, 2.75) is 39.3 Å². The van der Waals surface area contributed by atoms with E-state index in [4.69, 9.17) is 5.73 Å². The Bertz CT molecular complexity index is 456. The van der Waals surface area contributed by atoms with E-state index in [1.54, 1.807) is 4.57 Å². The zero-order chi connectivity index (χ0) is 14.4. The van der Waals surface area contributed by atoms with E-state index in [0.717, 1.165) is 6.42 Å². The van der Waals surface area contributed by atoms with Crippen molar-refractivity contribution in [3.63, 3.8) is 0 Å². The summed E-state index contributed by atoms with van der Waals surface area (Å²) in [6.45, 7) is 4.32. The number of nitrogens with two attached hydrogens (primary N) is 1. The Morgan fingerprint density at radius 2 is 2.26 bits per heavy atom. The number of nitrogens with zero attached hydrogens (tertiary/aromatic N) is 2. The van der Waals surface area contributed by atoms with E-state index in [9.17, 15) is 9.59 Å². The van der Waals surface area contributed by atoms with E-state index < -0.39 is 5.97 Å². The molecule has 1 aromatic rings. The first-order valence-electron chi connectivity index (χ1n) is 6.17. The number of imidazole rings is 1. The molecule has 0 spiro atoms. The van der Waals surface area contributed by atoms with Gasteiger partial charge in [0.2, 0.25) is 5.91 Å². The average Bonchev–Trinajstić information content (AvgIpc) is 2.76. The average molecular weight is 268 g/mol. The molecule has 3 N–H and O–H groups in total. The van der Waals surface area contributed by atoms with Crippen molar-refractivity contribution in [3.05, 3.63) is 12.0 Å². The smallest absolute Gasteiger partial charge is 0.360 e. The highest BCUT2D eigenvalue weighted by atomic mass is 16.5. The van der Waals surface area contributed by atoms with Crippen LogP contribution in [0.1, 0.15) is 37.2 Å². The minimum atomic E-state index is -0.583. The van der Waals surface area contributed by atoms with Gasteiger partial charge in [-0.15, -0.1) is 0 Å². The number of esters is 1. The number of aryl methyl sites for hydroxylation is 1. The normalized spacial score (nSPS) is 11.9. The number of hydrogen-bond donors (Lipinski definition) is 2. The van der Waals surface area contributed by atoms with E-state index in [0.29, 0.717) is 6.54 Å². The summed E-state index contributed by atoms with van der Waals surface area (Å²) in [5, 5.41) is 2.85. The molecular formula is C12H20N4O3. The molecule has 0 aliphatic carbocycles. The van der Waals surface area contributed by atoms with Crippen LogP contribution >= 0.6 is 0 Å². The fourth-order valence-electron chi connectivity index (χ4n) is 1.49. The minimum Gasteiger partial charge on any atom is -0.464 e. The molecule has 1 atom stereocenters. The van der Waals surface area contributed by atoms with E-state index in [2.05, 4.69) is 15.0 Å². The molecular weight excluding hydrogens is 248 g/mol. The zero-order valence-corrected chi connectivity index (χ0v) is 11.5. The monoisotopic (exact) mass is 268 g/mol. The topological polar surface area (TPSA) is 99.2 Å². The number of ether oxygens (including phenoxy) is 1. The van der Waals surface area contributed by atoms with Crippen molar-refractivity contribution in [2.75, 3.05) is 12.8 Å². The first-order valence-corrected chi connectivity index (χ1v) is 6.17. The van der Waals surface area contributed by atoms with Crippen LogP contribution in [-0.4, -0.2) is 34.6 Å². The summed E-state index contributed by atoms with van der Waals surface area (Å²) in [7, 11) is 1.26. The number of rotatable bonds is 6. The molecule has 1 rings (SSSR count). The number of anilines is 1. The first kappa shape index (κ1) is 15.0. The largest absolute Gasteiger partial charge is 0.464 e. The van der Waals surface area contributed by atoms with Gasteiger partial charge in [-0.05, 0) is 13.3 Å². The molecule has 0 aliphatic heterocycles. The van der Waals surface area contributed by atoms with Gasteiger partial charge in [-0.1, -0.05) is 6.92 Å². The lowest BCUT2D eigenvalue weighted by Gasteiger charge is -2.11. The maximum absolute atomic E-state index is 11.6. The molecule has 0 aromatic carbocycles. The Hall–Kier alpha value is -2.05. The molecule has 0 bridgehead atoms. The van der Waals surface area contributed by atoms with Crippen LogP contribution in [0.4, 0.5) is 5.82 Å². The predicted molar refractivity (Wildman–Crippen MR) is 70.5 cm³/mol. The SMILES string of the molecule is CCC(C)NC(=O)CCn1cnc(C(=O)OC)c1N. The van der Waals surface area contributed by atoms with Crippen LogP contribution in [-0.2, 0) is 16.1 Å². The molecule has 1 amide bonds. The second kappa shape index (κ2) is 6.77. The number of methoxy groups -OCH3 is 1. The van der Waals surface area contributed by atoms with Gasteiger partial charge in [-0.2, -0.15) is 0 Å². The molecule has 19 heavy (non-hydrogen) atoms. The van der Waals surface area contributed by atoms with Gasteiger partial charge in [0.1, 0.15) is 5.82 Å². The molecule has 1 unspecified atom stereocenters. The molecule has 7 heteroatoms. The van der Waals surface area contributed by atoms with Gasteiger partial charge in [0.25, 0.3) is 0 Å². The van der Waals surface area contributed by atoms with Gasteiger partial charge in [0.05, 0.1) is 13.4 Å². The number of nitrogen functional groups attached to an aromatic ring is 1. The lowest BCUT2D eigenvalue weighted by atomic mass is 10.2. The summed E-state index contributed by atoms with van der Waals surface area (Å²) in [6.07, 6.45) is 2.59. The fraction of sp³-hybridized carbons (Fsp3) is 0.583. The third-order valence-corrected chi connectivity index (χ3v) is 2.86. The second-order valence-corrected chi connectivity index (χ2v) is 4.29. The number of carbonyl (C=O) groups is 2. The van der Waals surface area contributed by atoms with Crippen LogP contribution < -0.4 is 11.1 Å². The van der Waals surface area contributed by atoms with Crippen molar-refractivity contribution < 1.29 is 14.3 Å². The summed E-state index contributed by atoms with van der Waals surface area (Å²) in [4.78, 5) is 26.8. The van der Waals surface area contributed by atoms with Gasteiger partial charge in [0, 0.05) is 19.0 Å². The van der Waals surface area contributed by atoms with Gasteiger partial charge in [-0.3, -0.25) is 4.79 Å². The summed E-state index contributed by atoms with van der Waals surface area (Å²) in [6, 6.07) is 0.151. The number of nitrogens with one attached hydrogen (secondary N) is 1. The van der Waals surface area contributed by atoms with Crippen molar-refractivity contribution >= 4 is 17.7 Å². The summed E-state index contributed by atoms with van der Waals surface area (Å²) in [5.74, 6) is -0.425. The van der Waals surface area contributed by atoms with Crippen LogP contribution in [0, 0.1) is 0 Å². The Morgan fingerprint density at radius 1 is 1.58 bits per heavy atom. The maximum atomic E-state index is 11.6. The Morgan fingerprint density at radius 3 is 2.84 bits per heavy atom. The zero-order valence-electron chi connectivity index (χ0n) is 11.5. The van der Waals surface area contributed by atoms with Crippen LogP contribution in [0.25, 0.3) is 0 Å². The summed E-state index contributed by atoms with van der Waals surface area (Å²) >= 11 is 0. The first-order chi connectivity index (χ1) is 8.99. The van der Waals surface area contributed by atoms with Crippen molar-refractivity contribution in [1.29, 1.82) is 0 Å². The third-order valence-electron chi connectivity index (χ3n) is 2.86. The van der Waals surface area contributed by atoms with Crippen LogP contribution in [0.3, 0.4) is 0 Å². The Kier molecular flexibility index (Phi) is 5.35. The highest BCUT2D eigenvalue weighted by Gasteiger charge is 2.16. The van der Waals surface area contributed by atoms with Gasteiger partial charge >= 0.3 is 5.97 Å². The van der Waals surface area contributed by atoms with Crippen LogP contribution in [0.15, 0.2) is 6.33 Å². The lowest BCUT2D eigenvalue weighted by Crippen LogP contribution is -2.32. The molecule has 0 saturated heterocycles. The van der Waals surface area contributed by atoms with E-state index in [1.165, 1.54) is 13.4 Å². The van der Waals surface area contributed by atoms with E-state index in [1.807, 2.05) is 13.8 Å². The summed E-state index contributed by atoms with van der Waals surface area (Å²) < 4.78 is 6.11. The standard InChI is InChI=1S/C12H20N4O3/c1-4-8(2)15-9(17)5-6-16-7-14-10(11(16)13)12(18)19-3/h7-8H,4-6,13H2,1-3H3,(H,15,17). The van der Waals surface area contributed by atoms with Gasteiger partial charge in [0.15, 0.2) is 5.69 Å². The van der Waals surface area contributed by atoms with Gasteiger partial charge in [-0.25, -0.2) is 9.78 Å². The molecule has 0 radical (unpaired) electrons. The molecule has 1 aromatic heterocycles. The molecule has 1 heterocycles. The fourth-order valence-corrected chi connectivity index (χ4v) is 1.49. The molecule has 106 valence electrons. The van der Waals surface area contributed by atoms with E-state index in [-0.39, 0.29) is 29.9 Å².